The van der Waals surface area contributed by atoms with E-state index in [0.29, 0.717) is 0 Å². The van der Waals surface area contributed by atoms with Crippen molar-refractivity contribution in [3.05, 3.63) is 5.32 Å². The Morgan fingerprint density at radius 3 is 2.22 bits per heavy atom. The van der Waals surface area contributed by atoms with Gasteiger partial charge in [0.2, 0.25) is 0 Å². The van der Waals surface area contributed by atoms with E-state index in [9.17, 15) is 0 Å². The van der Waals surface area contributed by atoms with Crippen molar-refractivity contribution in [2.24, 2.45) is 0 Å². The standard InChI is InChI=1S/C7H16NO/c1-7(2,3)9-6-5-8-4/h5-6H2,1-4H3/q-1. The molecule has 0 heterocycles. The maximum absolute atomic E-state index is 5.38. The first-order valence-electron chi connectivity index (χ1n) is 3.26. The molecule has 0 rings (SSSR count). The molecule has 2 heteroatoms. The van der Waals surface area contributed by atoms with Crippen molar-refractivity contribution in [1.82, 2.24) is 0 Å². The van der Waals surface area contributed by atoms with Crippen LogP contribution in [0.3, 0.4) is 0 Å². The summed E-state index contributed by atoms with van der Waals surface area (Å²) < 4.78 is 5.38. The summed E-state index contributed by atoms with van der Waals surface area (Å²) in [5.74, 6) is 0. The highest BCUT2D eigenvalue weighted by atomic mass is 16.5. The average molecular weight is 130 g/mol. The van der Waals surface area contributed by atoms with Crippen LogP contribution in [0.5, 0.6) is 0 Å². The Bertz CT molecular complexity index is 65.8. The Labute approximate surface area is 57.6 Å². The van der Waals surface area contributed by atoms with Gasteiger partial charge in [-0.15, -0.1) is 6.54 Å². The Kier molecular flexibility index (Phi) is 3.82. The van der Waals surface area contributed by atoms with Crippen molar-refractivity contribution < 1.29 is 4.74 Å². The molecule has 0 fully saturated rings. The van der Waals surface area contributed by atoms with Gasteiger partial charge in [-0.25, -0.2) is 0 Å². The molecule has 0 N–H and O–H groups in total. The van der Waals surface area contributed by atoms with Crippen LogP contribution in [0.4, 0.5) is 0 Å². The zero-order valence-corrected chi connectivity index (χ0v) is 6.77. The van der Waals surface area contributed by atoms with Gasteiger partial charge in [-0.05, 0) is 20.8 Å². The second-order valence-electron chi connectivity index (χ2n) is 3.00. The van der Waals surface area contributed by atoms with Crippen LogP contribution in [0, 0.1) is 0 Å². The number of likely N-dealkylation sites (N-methyl/N-ethyl adjacent to an activating group) is 1. The zero-order valence-electron chi connectivity index (χ0n) is 6.77. The lowest BCUT2D eigenvalue weighted by atomic mass is 10.2. The van der Waals surface area contributed by atoms with Gasteiger partial charge >= 0.3 is 0 Å². The van der Waals surface area contributed by atoms with Crippen molar-refractivity contribution in [3.8, 4) is 0 Å². The van der Waals surface area contributed by atoms with Crippen LogP contribution < -0.4 is 0 Å². The monoisotopic (exact) mass is 130 g/mol. The van der Waals surface area contributed by atoms with Crippen LogP contribution in [0.15, 0.2) is 0 Å². The van der Waals surface area contributed by atoms with E-state index >= 15 is 0 Å². The van der Waals surface area contributed by atoms with Crippen molar-refractivity contribution >= 4 is 0 Å². The minimum absolute atomic E-state index is 0.00924. The fourth-order valence-corrected chi connectivity index (χ4v) is 0.443. The summed E-state index contributed by atoms with van der Waals surface area (Å²) in [7, 11) is 1.80. The Hall–Kier alpha value is -0.0800. The van der Waals surface area contributed by atoms with Crippen molar-refractivity contribution in [2.75, 3.05) is 20.2 Å². The molecule has 0 aromatic carbocycles. The van der Waals surface area contributed by atoms with Gasteiger partial charge in [0.25, 0.3) is 0 Å². The molecule has 0 aliphatic heterocycles. The maximum Gasteiger partial charge on any atom is 0.0597 e. The topological polar surface area (TPSA) is 23.3 Å². The van der Waals surface area contributed by atoms with Gasteiger partial charge in [-0.1, -0.05) is 0 Å². The van der Waals surface area contributed by atoms with E-state index in [1.54, 1.807) is 7.05 Å². The average Bonchev–Trinajstić information content (AvgIpc) is 1.63. The summed E-state index contributed by atoms with van der Waals surface area (Å²) in [4.78, 5) is 0. The molecule has 0 atom stereocenters. The SMILES string of the molecule is C[N-]CCOC(C)(C)C. The van der Waals surface area contributed by atoms with E-state index in [-0.39, 0.29) is 5.60 Å². The quantitative estimate of drug-likeness (QED) is 0.534. The molecule has 9 heavy (non-hydrogen) atoms. The highest BCUT2D eigenvalue weighted by molar-refractivity contribution is 4.69. The van der Waals surface area contributed by atoms with E-state index < -0.39 is 0 Å². The highest BCUT2D eigenvalue weighted by Gasteiger charge is 2.06. The summed E-state index contributed by atoms with van der Waals surface area (Å²) in [6.45, 7) is 7.67. The summed E-state index contributed by atoms with van der Waals surface area (Å²) >= 11 is 0. The molecule has 0 aromatic rings. The first-order valence-corrected chi connectivity index (χ1v) is 3.26. The van der Waals surface area contributed by atoms with Gasteiger partial charge in [-0.2, -0.15) is 7.05 Å². The molecule has 0 aliphatic carbocycles. The molecule has 0 spiro atoms. The Balaban J connectivity index is 3.07. The molecule has 0 radical (unpaired) electrons. The normalized spacial score (nSPS) is 12.0. The van der Waals surface area contributed by atoms with Crippen LogP contribution in [0.25, 0.3) is 5.32 Å². The Morgan fingerprint density at radius 1 is 1.33 bits per heavy atom. The molecule has 0 bridgehead atoms. The second kappa shape index (κ2) is 3.85. The lowest BCUT2D eigenvalue weighted by molar-refractivity contribution is 0.00392. The molecule has 2 nitrogen and oxygen atoms in total. The molecule has 0 saturated heterocycles. The number of hydrogen-bond donors (Lipinski definition) is 0. The molecular formula is C7H16NO-. The molecule has 0 unspecified atom stereocenters. The molecule has 56 valence electrons. The highest BCUT2D eigenvalue weighted by Crippen LogP contribution is 2.05. The summed E-state index contributed by atoms with van der Waals surface area (Å²) in [6.07, 6.45) is 0. The first-order chi connectivity index (χ1) is 4.06. The van der Waals surface area contributed by atoms with Gasteiger partial charge in [0, 0.05) is 6.61 Å². The fourth-order valence-electron chi connectivity index (χ4n) is 0.443. The van der Waals surface area contributed by atoms with Gasteiger partial charge < -0.3 is 10.1 Å². The number of nitrogens with zero attached hydrogens (tertiary/aromatic N) is 1. The van der Waals surface area contributed by atoms with E-state index in [4.69, 9.17) is 4.74 Å². The summed E-state index contributed by atoms with van der Waals surface area (Å²) in [5.41, 5.74) is -0.00924. The van der Waals surface area contributed by atoms with Crippen molar-refractivity contribution in [3.63, 3.8) is 0 Å². The molecule has 0 aromatic heterocycles. The van der Waals surface area contributed by atoms with Gasteiger partial charge in [0.1, 0.15) is 0 Å². The van der Waals surface area contributed by atoms with Gasteiger partial charge in [0.15, 0.2) is 0 Å². The fraction of sp³-hybridized carbons (Fsp3) is 1.00. The minimum Gasteiger partial charge on any atom is -0.663 e. The van der Waals surface area contributed by atoms with Crippen LogP contribution >= 0.6 is 0 Å². The molecule has 0 aliphatic rings. The predicted molar refractivity (Wildman–Crippen MR) is 39.9 cm³/mol. The number of rotatable bonds is 3. The maximum atomic E-state index is 5.38. The van der Waals surface area contributed by atoms with Crippen LogP contribution in [0.1, 0.15) is 20.8 Å². The first kappa shape index (κ1) is 8.92. The lowest BCUT2D eigenvalue weighted by Crippen LogP contribution is -2.20. The number of hydrogen-bond acceptors (Lipinski definition) is 1. The lowest BCUT2D eigenvalue weighted by Gasteiger charge is -2.21. The van der Waals surface area contributed by atoms with Crippen molar-refractivity contribution in [2.45, 2.75) is 26.4 Å². The van der Waals surface area contributed by atoms with Gasteiger partial charge in [-0.3, -0.25) is 0 Å². The van der Waals surface area contributed by atoms with E-state index in [0.717, 1.165) is 13.2 Å². The molecule has 0 amide bonds. The smallest absolute Gasteiger partial charge is 0.0597 e. The largest absolute Gasteiger partial charge is 0.663 e. The molecule has 0 saturated carbocycles. The van der Waals surface area contributed by atoms with E-state index in [1.165, 1.54) is 0 Å². The zero-order chi connectivity index (χ0) is 7.33. The third-order valence-corrected chi connectivity index (χ3v) is 0.850. The molecular weight excluding hydrogens is 114 g/mol. The van der Waals surface area contributed by atoms with Crippen LogP contribution in [-0.4, -0.2) is 25.8 Å². The van der Waals surface area contributed by atoms with Gasteiger partial charge in [0.05, 0.1) is 5.60 Å². The van der Waals surface area contributed by atoms with E-state index in [1.807, 2.05) is 20.8 Å². The summed E-state index contributed by atoms with van der Waals surface area (Å²) in [5, 5.41) is 3.91. The third kappa shape index (κ3) is 7.92. The second-order valence-corrected chi connectivity index (χ2v) is 3.00. The summed E-state index contributed by atoms with van der Waals surface area (Å²) in [6, 6.07) is 0. The van der Waals surface area contributed by atoms with Crippen LogP contribution in [-0.2, 0) is 4.74 Å². The Morgan fingerprint density at radius 2 is 1.89 bits per heavy atom. The van der Waals surface area contributed by atoms with Crippen LogP contribution in [0.2, 0.25) is 0 Å². The minimum atomic E-state index is -0.00924. The van der Waals surface area contributed by atoms with E-state index in [2.05, 4.69) is 5.32 Å². The predicted octanol–water partition coefficient (Wildman–Crippen LogP) is 1.81. The third-order valence-electron chi connectivity index (χ3n) is 0.850. The number of ether oxygens (including phenoxy) is 1. The van der Waals surface area contributed by atoms with Crippen molar-refractivity contribution in [1.29, 1.82) is 0 Å².